The fourth-order valence-electron chi connectivity index (χ4n) is 6.76. The van der Waals surface area contributed by atoms with Gasteiger partial charge in [-0.3, -0.25) is 19.6 Å². The molecule has 1 aromatic rings. The molecule has 0 N–H and O–H groups in total. The van der Waals surface area contributed by atoms with Crippen LogP contribution in [0.5, 0.6) is 0 Å². The van der Waals surface area contributed by atoms with Gasteiger partial charge in [-0.2, -0.15) is 0 Å². The van der Waals surface area contributed by atoms with Crippen molar-refractivity contribution in [2.75, 3.05) is 39.3 Å². The topological polar surface area (TPSA) is 13.0 Å². The molecule has 0 radical (unpaired) electrons. The quantitative estimate of drug-likeness (QED) is 0.707. The fourth-order valence-corrected chi connectivity index (χ4v) is 6.76. The Morgan fingerprint density at radius 2 is 0.967 bits per heavy atom. The first-order valence-corrected chi connectivity index (χ1v) is 12.7. The maximum atomic E-state index is 2.75. The van der Waals surface area contributed by atoms with Crippen LogP contribution in [0.3, 0.4) is 0 Å². The molecule has 1 aromatic carbocycles. The second-order valence-corrected chi connectivity index (χ2v) is 10.4. The van der Waals surface area contributed by atoms with E-state index in [1.807, 2.05) is 0 Å². The third kappa shape index (κ3) is 4.34. The van der Waals surface area contributed by atoms with Gasteiger partial charge < -0.3 is 0 Å². The highest BCUT2D eigenvalue weighted by Crippen LogP contribution is 2.29. The van der Waals surface area contributed by atoms with Crippen molar-refractivity contribution in [3.05, 3.63) is 35.4 Å². The first kappa shape index (κ1) is 20.9. The maximum absolute atomic E-state index is 2.75. The summed E-state index contributed by atoms with van der Waals surface area (Å²) in [5.41, 5.74) is 2.97. The number of benzene rings is 1. The SMILES string of the molecule is CC1C(N2CCCC2)CCN1Cc1ccc(CN2CCC(N3CCCC3)C2C)cc1. The van der Waals surface area contributed by atoms with E-state index in [1.54, 1.807) is 0 Å². The Labute approximate surface area is 184 Å². The molecule has 5 rings (SSSR count). The number of nitrogens with zero attached hydrogens (tertiary/aromatic N) is 4. The molecular weight excluding hydrogens is 368 g/mol. The summed E-state index contributed by atoms with van der Waals surface area (Å²) in [5, 5.41) is 0. The van der Waals surface area contributed by atoms with Crippen LogP contribution in [0, 0.1) is 0 Å². The van der Waals surface area contributed by atoms with Gasteiger partial charge in [0.2, 0.25) is 0 Å². The summed E-state index contributed by atoms with van der Waals surface area (Å²) in [5.74, 6) is 0. The van der Waals surface area contributed by atoms with Gasteiger partial charge >= 0.3 is 0 Å². The van der Waals surface area contributed by atoms with Gasteiger partial charge in [0.15, 0.2) is 0 Å². The van der Waals surface area contributed by atoms with Crippen LogP contribution in [0.25, 0.3) is 0 Å². The van der Waals surface area contributed by atoms with Gasteiger partial charge in [-0.15, -0.1) is 0 Å². The number of hydrogen-bond donors (Lipinski definition) is 0. The third-order valence-corrected chi connectivity index (χ3v) is 8.70. The molecule has 0 aromatic heterocycles. The molecule has 4 nitrogen and oxygen atoms in total. The van der Waals surface area contributed by atoms with Crippen molar-refractivity contribution in [2.24, 2.45) is 0 Å². The number of likely N-dealkylation sites (tertiary alicyclic amines) is 4. The Hall–Kier alpha value is -0.940. The Balaban J connectivity index is 1.13. The second-order valence-electron chi connectivity index (χ2n) is 10.4. The molecule has 4 heterocycles. The third-order valence-electron chi connectivity index (χ3n) is 8.70. The van der Waals surface area contributed by atoms with Crippen LogP contribution in [-0.2, 0) is 13.1 Å². The first-order valence-electron chi connectivity index (χ1n) is 12.7. The Kier molecular flexibility index (Phi) is 6.47. The summed E-state index contributed by atoms with van der Waals surface area (Å²) in [4.78, 5) is 10.9. The van der Waals surface area contributed by atoms with Crippen LogP contribution >= 0.6 is 0 Å². The van der Waals surface area contributed by atoms with E-state index in [1.165, 1.54) is 88.9 Å². The molecule has 4 unspecified atom stereocenters. The zero-order valence-electron chi connectivity index (χ0n) is 19.3. The summed E-state index contributed by atoms with van der Waals surface area (Å²) in [6.07, 6.45) is 8.31. The summed E-state index contributed by atoms with van der Waals surface area (Å²) in [6, 6.07) is 12.5. The zero-order chi connectivity index (χ0) is 20.5. The largest absolute Gasteiger partial charge is 0.299 e. The lowest BCUT2D eigenvalue weighted by Crippen LogP contribution is -2.42. The smallest absolute Gasteiger partial charge is 0.0261 e. The fraction of sp³-hybridized carbons (Fsp3) is 0.769. The molecule has 0 aliphatic carbocycles. The van der Waals surface area contributed by atoms with E-state index in [0.717, 1.165) is 25.2 Å². The molecule has 4 saturated heterocycles. The van der Waals surface area contributed by atoms with Crippen LogP contribution in [0.1, 0.15) is 63.5 Å². The first-order chi connectivity index (χ1) is 14.7. The van der Waals surface area contributed by atoms with Gasteiger partial charge in [0.05, 0.1) is 0 Å². The highest BCUT2D eigenvalue weighted by Gasteiger charge is 2.36. The average molecular weight is 411 g/mol. The van der Waals surface area contributed by atoms with E-state index >= 15 is 0 Å². The molecular formula is C26H42N4. The van der Waals surface area contributed by atoms with Gasteiger partial charge in [-0.1, -0.05) is 24.3 Å². The highest BCUT2D eigenvalue weighted by atomic mass is 15.3. The molecule has 0 amide bonds. The van der Waals surface area contributed by atoms with E-state index in [0.29, 0.717) is 12.1 Å². The molecule has 30 heavy (non-hydrogen) atoms. The standard InChI is InChI=1S/C26H42N4/c1-21-25(27-13-3-4-14-27)11-17-29(21)19-23-7-9-24(10-8-23)20-30-18-12-26(22(30)2)28-15-5-6-16-28/h7-10,21-22,25-26H,3-6,11-20H2,1-2H3. The minimum Gasteiger partial charge on any atom is -0.299 e. The molecule has 0 spiro atoms. The molecule has 4 heteroatoms. The summed E-state index contributed by atoms with van der Waals surface area (Å²) in [7, 11) is 0. The maximum Gasteiger partial charge on any atom is 0.0261 e. The van der Waals surface area contributed by atoms with E-state index < -0.39 is 0 Å². The van der Waals surface area contributed by atoms with Crippen molar-refractivity contribution in [3.8, 4) is 0 Å². The van der Waals surface area contributed by atoms with E-state index in [4.69, 9.17) is 0 Å². The van der Waals surface area contributed by atoms with Gasteiger partial charge in [-0.25, -0.2) is 0 Å². The van der Waals surface area contributed by atoms with Crippen molar-refractivity contribution in [2.45, 2.75) is 89.6 Å². The lowest BCUT2D eigenvalue weighted by molar-refractivity contribution is 0.170. The summed E-state index contributed by atoms with van der Waals surface area (Å²) >= 11 is 0. The monoisotopic (exact) mass is 410 g/mol. The lowest BCUT2D eigenvalue weighted by Gasteiger charge is -2.31. The molecule has 166 valence electrons. The van der Waals surface area contributed by atoms with Crippen molar-refractivity contribution in [1.29, 1.82) is 0 Å². The van der Waals surface area contributed by atoms with Gasteiger partial charge in [0.1, 0.15) is 0 Å². The predicted molar refractivity (Wildman–Crippen MR) is 125 cm³/mol. The highest BCUT2D eigenvalue weighted by molar-refractivity contribution is 5.23. The lowest BCUT2D eigenvalue weighted by atomic mass is 10.1. The summed E-state index contributed by atoms with van der Waals surface area (Å²) in [6.45, 7) is 14.9. The Bertz CT molecular complexity index is 618. The van der Waals surface area contributed by atoms with E-state index in [-0.39, 0.29) is 0 Å². The second kappa shape index (κ2) is 9.28. The molecule has 4 atom stereocenters. The van der Waals surface area contributed by atoms with Crippen LogP contribution in [-0.4, -0.2) is 83.0 Å². The van der Waals surface area contributed by atoms with Crippen molar-refractivity contribution < 1.29 is 0 Å². The van der Waals surface area contributed by atoms with E-state index in [9.17, 15) is 0 Å². The average Bonchev–Trinajstić information content (AvgIpc) is 3.54. The molecule has 0 saturated carbocycles. The van der Waals surface area contributed by atoms with Gasteiger partial charge in [0, 0.05) is 50.3 Å². The van der Waals surface area contributed by atoms with Crippen LogP contribution in [0.2, 0.25) is 0 Å². The van der Waals surface area contributed by atoms with Gasteiger partial charge in [-0.05, 0) is 89.7 Å². The van der Waals surface area contributed by atoms with Crippen LogP contribution in [0.4, 0.5) is 0 Å². The number of rotatable bonds is 6. The van der Waals surface area contributed by atoms with Gasteiger partial charge in [0.25, 0.3) is 0 Å². The van der Waals surface area contributed by atoms with Crippen LogP contribution in [0.15, 0.2) is 24.3 Å². The van der Waals surface area contributed by atoms with Crippen molar-refractivity contribution >= 4 is 0 Å². The normalized spacial score (nSPS) is 34.5. The number of hydrogen-bond acceptors (Lipinski definition) is 4. The van der Waals surface area contributed by atoms with Crippen LogP contribution < -0.4 is 0 Å². The van der Waals surface area contributed by atoms with Crippen molar-refractivity contribution in [1.82, 2.24) is 19.6 Å². The van der Waals surface area contributed by atoms with Crippen molar-refractivity contribution in [3.63, 3.8) is 0 Å². The molecule has 4 fully saturated rings. The molecule has 4 aliphatic heterocycles. The molecule has 0 bridgehead atoms. The minimum atomic E-state index is 0.691. The predicted octanol–water partition coefficient (Wildman–Crippen LogP) is 3.80. The Morgan fingerprint density at radius 3 is 1.33 bits per heavy atom. The Morgan fingerprint density at radius 1 is 0.600 bits per heavy atom. The van der Waals surface area contributed by atoms with E-state index in [2.05, 4.69) is 57.7 Å². The summed E-state index contributed by atoms with van der Waals surface area (Å²) < 4.78 is 0. The zero-order valence-corrected chi connectivity index (χ0v) is 19.3. The minimum absolute atomic E-state index is 0.691. The molecule has 4 aliphatic rings.